The number of hydrogen-bond acceptors (Lipinski definition) is 7. The minimum Gasteiger partial charge on any atom is -0.463 e. The predicted molar refractivity (Wildman–Crippen MR) is 90.6 cm³/mol. The van der Waals surface area contributed by atoms with Crippen molar-refractivity contribution in [2.24, 2.45) is 4.99 Å². The Morgan fingerprint density at radius 2 is 2.25 bits per heavy atom. The average molecular weight is 344 g/mol. The molecule has 0 N–H and O–H groups in total. The van der Waals surface area contributed by atoms with Gasteiger partial charge in [0.25, 0.3) is 0 Å². The molecule has 3 aliphatic heterocycles. The smallest absolute Gasteiger partial charge is 0.338 e. The summed E-state index contributed by atoms with van der Waals surface area (Å²) in [6, 6.07) is 5.44. The van der Waals surface area contributed by atoms with E-state index in [9.17, 15) is 4.79 Å². The highest BCUT2D eigenvalue weighted by Gasteiger charge is 2.38. The lowest BCUT2D eigenvalue weighted by molar-refractivity contribution is -0.139. The van der Waals surface area contributed by atoms with Gasteiger partial charge in [-0.25, -0.2) is 9.79 Å². The number of aliphatic imine (C=N–C) groups is 1. The lowest BCUT2D eigenvalue weighted by atomic mass is 9.94. The zero-order valence-corrected chi connectivity index (χ0v) is 14.1. The topological polar surface area (TPSA) is 60.4 Å². The molecule has 0 aromatic heterocycles. The summed E-state index contributed by atoms with van der Waals surface area (Å²) >= 11 is 1.53. The van der Waals surface area contributed by atoms with Crippen molar-refractivity contribution < 1.29 is 19.0 Å². The normalized spacial score (nSPS) is 21.0. The number of carbonyl (C=O) groups excluding carboxylic acids is 1. The van der Waals surface area contributed by atoms with Crippen molar-refractivity contribution in [3.05, 3.63) is 46.6 Å². The van der Waals surface area contributed by atoms with E-state index in [1.165, 1.54) is 11.8 Å². The largest absolute Gasteiger partial charge is 0.463 e. The average Bonchev–Trinajstić information content (AvgIpc) is 3.21. The van der Waals surface area contributed by atoms with Gasteiger partial charge in [0.05, 0.1) is 23.9 Å². The molecule has 1 aromatic rings. The molecule has 0 saturated carbocycles. The van der Waals surface area contributed by atoms with Gasteiger partial charge >= 0.3 is 5.97 Å². The van der Waals surface area contributed by atoms with E-state index in [2.05, 4.69) is 4.99 Å². The Bertz CT molecular complexity index is 800. The molecule has 0 bridgehead atoms. The standard InChI is InChI=1S/C17H16N2O4S/c1-3-21-16(20)14-10(2)18-17-19(6-7-24-17)15(14)11-4-5-12-13(8-11)23-9-22-12/h4-8,15H,3,9H2,1-2H3/t15-/m1/s1. The first-order valence-electron chi connectivity index (χ1n) is 7.67. The lowest BCUT2D eigenvalue weighted by Crippen LogP contribution is -2.34. The highest BCUT2D eigenvalue weighted by Crippen LogP contribution is 2.43. The number of benzene rings is 1. The third-order valence-corrected chi connectivity index (χ3v) is 4.80. The van der Waals surface area contributed by atoms with Gasteiger partial charge in [-0.15, -0.1) is 0 Å². The Labute approximate surface area is 143 Å². The highest BCUT2D eigenvalue weighted by atomic mass is 32.2. The summed E-state index contributed by atoms with van der Waals surface area (Å²) in [5, 5.41) is 2.81. The molecule has 0 radical (unpaired) electrons. The minimum atomic E-state index is -0.342. The predicted octanol–water partition coefficient (Wildman–Crippen LogP) is 3.18. The van der Waals surface area contributed by atoms with Crippen LogP contribution >= 0.6 is 11.8 Å². The van der Waals surface area contributed by atoms with Crippen LogP contribution in [-0.4, -0.2) is 29.4 Å². The van der Waals surface area contributed by atoms with Gasteiger partial charge in [-0.3, -0.25) is 0 Å². The molecule has 0 amide bonds. The maximum absolute atomic E-state index is 12.6. The summed E-state index contributed by atoms with van der Waals surface area (Å²) < 4.78 is 16.1. The number of hydrogen-bond donors (Lipinski definition) is 0. The summed E-state index contributed by atoms with van der Waals surface area (Å²) in [6.07, 6.45) is 1.93. The molecule has 6 nitrogen and oxygen atoms in total. The molecule has 24 heavy (non-hydrogen) atoms. The number of amidine groups is 1. The van der Waals surface area contributed by atoms with Crippen LogP contribution in [0.5, 0.6) is 11.5 Å². The second-order valence-corrected chi connectivity index (χ2v) is 6.31. The third kappa shape index (κ3) is 2.36. The summed E-state index contributed by atoms with van der Waals surface area (Å²) in [5.41, 5.74) is 2.16. The van der Waals surface area contributed by atoms with Crippen molar-refractivity contribution in [2.75, 3.05) is 13.4 Å². The van der Waals surface area contributed by atoms with Crippen molar-refractivity contribution in [3.63, 3.8) is 0 Å². The molecule has 0 aliphatic carbocycles. The lowest BCUT2D eigenvalue weighted by Gasteiger charge is -2.33. The van der Waals surface area contributed by atoms with Gasteiger partial charge in [-0.1, -0.05) is 17.8 Å². The Balaban J connectivity index is 1.81. The summed E-state index contributed by atoms with van der Waals surface area (Å²) in [6.45, 7) is 4.18. The molecule has 0 unspecified atom stereocenters. The molecule has 3 heterocycles. The molecule has 3 aliphatic rings. The highest BCUT2D eigenvalue weighted by molar-refractivity contribution is 8.16. The quantitative estimate of drug-likeness (QED) is 0.785. The Kier molecular flexibility index (Phi) is 3.72. The van der Waals surface area contributed by atoms with Crippen molar-refractivity contribution in [1.29, 1.82) is 0 Å². The third-order valence-electron chi connectivity index (χ3n) is 4.03. The fourth-order valence-corrected chi connectivity index (χ4v) is 3.77. The molecule has 1 aromatic carbocycles. The van der Waals surface area contributed by atoms with E-state index >= 15 is 0 Å². The van der Waals surface area contributed by atoms with Crippen molar-refractivity contribution in [1.82, 2.24) is 4.90 Å². The number of thioether (sulfide) groups is 1. The van der Waals surface area contributed by atoms with E-state index in [0.717, 1.165) is 10.7 Å². The van der Waals surface area contributed by atoms with Gasteiger partial charge in [-0.2, -0.15) is 0 Å². The fourth-order valence-electron chi connectivity index (χ4n) is 2.98. The first kappa shape index (κ1) is 15.1. The van der Waals surface area contributed by atoms with E-state index in [1.807, 2.05) is 41.6 Å². The summed E-state index contributed by atoms with van der Waals surface area (Å²) in [5.74, 6) is 1.06. The van der Waals surface area contributed by atoms with Gasteiger partial charge in [0.2, 0.25) is 6.79 Å². The van der Waals surface area contributed by atoms with E-state index in [-0.39, 0.29) is 18.8 Å². The van der Waals surface area contributed by atoms with Crippen LogP contribution in [0.25, 0.3) is 0 Å². The first-order valence-corrected chi connectivity index (χ1v) is 8.55. The molecule has 0 spiro atoms. The second kappa shape index (κ2) is 5.90. The Morgan fingerprint density at radius 1 is 1.42 bits per heavy atom. The van der Waals surface area contributed by atoms with Crippen molar-refractivity contribution in [2.45, 2.75) is 19.9 Å². The number of allylic oxidation sites excluding steroid dienone is 1. The molecule has 7 heteroatoms. The number of ether oxygens (including phenoxy) is 3. The Hall–Kier alpha value is -2.41. The SMILES string of the molecule is CCOC(=O)C1=C(C)N=C2SC=CN2[C@@H]1c1ccc2c(c1)OCO2. The van der Waals surface area contributed by atoms with Crippen LogP contribution in [0.2, 0.25) is 0 Å². The van der Waals surface area contributed by atoms with Gasteiger partial charge in [0.1, 0.15) is 0 Å². The number of rotatable bonds is 3. The molecular formula is C17H16N2O4S. The van der Waals surface area contributed by atoms with Crippen LogP contribution in [0, 0.1) is 0 Å². The van der Waals surface area contributed by atoms with Crippen LogP contribution < -0.4 is 9.47 Å². The molecule has 0 saturated heterocycles. The zero-order valence-electron chi connectivity index (χ0n) is 13.3. The van der Waals surface area contributed by atoms with E-state index < -0.39 is 0 Å². The van der Waals surface area contributed by atoms with Gasteiger partial charge in [0, 0.05) is 6.20 Å². The molecule has 1 atom stereocenters. The fraction of sp³-hybridized carbons (Fsp3) is 0.294. The maximum atomic E-state index is 12.6. The molecule has 0 fully saturated rings. The maximum Gasteiger partial charge on any atom is 0.338 e. The molecular weight excluding hydrogens is 328 g/mol. The first-order chi connectivity index (χ1) is 11.7. The van der Waals surface area contributed by atoms with Gasteiger partial charge in [-0.05, 0) is 37.0 Å². The van der Waals surface area contributed by atoms with Crippen molar-refractivity contribution >= 4 is 22.9 Å². The van der Waals surface area contributed by atoms with Crippen LogP contribution in [-0.2, 0) is 9.53 Å². The van der Waals surface area contributed by atoms with E-state index in [4.69, 9.17) is 14.2 Å². The van der Waals surface area contributed by atoms with E-state index in [1.54, 1.807) is 6.92 Å². The van der Waals surface area contributed by atoms with Crippen LogP contribution in [0.1, 0.15) is 25.5 Å². The monoisotopic (exact) mass is 344 g/mol. The van der Waals surface area contributed by atoms with Crippen LogP contribution in [0.15, 0.2) is 46.1 Å². The number of fused-ring (bicyclic) bond motifs is 2. The number of carbonyl (C=O) groups is 1. The molecule has 124 valence electrons. The summed E-state index contributed by atoms with van der Waals surface area (Å²) in [4.78, 5) is 19.1. The second-order valence-electron chi connectivity index (χ2n) is 5.44. The van der Waals surface area contributed by atoms with Crippen LogP contribution in [0.3, 0.4) is 0 Å². The van der Waals surface area contributed by atoms with Crippen molar-refractivity contribution in [3.8, 4) is 11.5 Å². The summed E-state index contributed by atoms with van der Waals surface area (Å²) in [7, 11) is 0. The molecule has 4 rings (SSSR count). The Morgan fingerprint density at radius 3 is 3.08 bits per heavy atom. The zero-order chi connectivity index (χ0) is 16.7. The number of nitrogens with zero attached hydrogens (tertiary/aromatic N) is 2. The van der Waals surface area contributed by atoms with Crippen LogP contribution in [0.4, 0.5) is 0 Å². The number of esters is 1. The van der Waals surface area contributed by atoms with Gasteiger partial charge < -0.3 is 19.1 Å². The van der Waals surface area contributed by atoms with Gasteiger partial charge in [0.15, 0.2) is 16.7 Å². The van der Waals surface area contributed by atoms with E-state index in [0.29, 0.717) is 29.4 Å². The minimum absolute atomic E-state index is 0.217.